The van der Waals surface area contributed by atoms with Crippen molar-refractivity contribution in [3.05, 3.63) is 36.8 Å². The van der Waals surface area contributed by atoms with Crippen molar-refractivity contribution in [1.82, 2.24) is 0 Å². The molecule has 0 aliphatic heterocycles. The van der Waals surface area contributed by atoms with E-state index in [2.05, 4.69) is 6.26 Å². The Morgan fingerprint density at radius 2 is 2.00 bits per heavy atom. The van der Waals surface area contributed by atoms with Gasteiger partial charge in [-0.05, 0) is 6.26 Å². The molecule has 0 saturated carbocycles. The molecule has 0 spiro atoms. The summed E-state index contributed by atoms with van der Waals surface area (Å²) in [4.78, 5) is 0. The monoisotopic (exact) mass is 216 g/mol. The van der Waals surface area contributed by atoms with E-state index < -0.39 is 0 Å². The summed E-state index contributed by atoms with van der Waals surface area (Å²) in [5.41, 5.74) is 0. The van der Waals surface area contributed by atoms with Gasteiger partial charge in [0.25, 0.3) is 0 Å². The first-order chi connectivity index (χ1) is 5.47. The van der Waals surface area contributed by atoms with Crippen LogP contribution in [0.1, 0.15) is 0 Å². The average Bonchev–Trinajstić information content (AvgIpc) is 2.55. The van der Waals surface area contributed by atoms with Crippen molar-refractivity contribution in [2.45, 2.75) is 0 Å². The minimum Gasteiger partial charge on any atom is -0.565 e. The van der Waals surface area contributed by atoms with Crippen molar-refractivity contribution < 1.29 is 21.7 Å². The van der Waals surface area contributed by atoms with Gasteiger partial charge in [-0.15, -0.1) is 29.0 Å². The predicted molar refractivity (Wildman–Crippen MR) is 40.9 cm³/mol. The van der Waals surface area contributed by atoms with Crippen molar-refractivity contribution in [1.29, 1.82) is 0 Å². The Bertz CT molecular complexity index is 288. The van der Waals surface area contributed by atoms with E-state index in [-0.39, 0.29) is 0 Å². The second-order valence-electron chi connectivity index (χ2n) is 1.93. The van der Waals surface area contributed by atoms with Crippen LogP contribution in [0, 0.1) is 6.26 Å². The third-order valence-electron chi connectivity index (χ3n) is 1.32. The third-order valence-corrected chi connectivity index (χ3v) is 1.32. The molecule has 0 aliphatic rings. The molecule has 0 atom stereocenters. The zero-order valence-corrected chi connectivity index (χ0v) is 9.60. The van der Waals surface area contributed by atoms with Gasteiger partial charge in [0.1, 0.15) is 0 Å². The molecule has 1 heterocycles. The molecule has 11 heavy (non-hydrogen) atoms. The SMILES string of the molecule is [Cl][Zn+].[c-]1occ2ccccc12. The molecule has 0 bridgehead atoms. The predicted octanol–water partition coefficient (Wildman–Crippen LogP) is 2.92. The molecule has 1 aromatic heterocycles. The zero-order valence-electron chi connectivity index (χ0n) is 5.88. The zero-order chi connectivity index (χ0) is 8.10. The van der Waals surface area contributed by atoms with Crippen molar-refractivity contribution >= 4 is 20.5 Å². The fourth-order valence-corrected chi connectivity index (χ4v) is 0.849. The Hall–Kier alpha value is -0.327. The molecule has 0 radical (unpaired) electrons. The topological polar surface area (TPSA) is 13.1 Å². The minimum atomic E-state index is 0.847. The average molecular weight is 218 g/mol. The maximum Gasteiger partial charge on any atom is 0.0349 e. The van der Waals surface area contributed by atoms with Gasteiger partial charge in [-0.2, -0.15) is 0 Å². The second kappa shape index (κ2) is 4.53. The van der Waals surface area contributed by atoms with Gasteiger partial charge in [0.2, 0.25) is 0 Å². The van der Waals surface area contributed by atoms with Gasteiger partial charge >= 0.3 is 27.0 Å². The van der Waals surface area contributed by atoms with Crippen LogP contribution in [-0.4, -0.2) is 0 Å². The van der Waals surface area contributed by atoms with Crippen LogP contribution in [0.4, 0.5) is 0 Å². The van der Waals surface area contributed by atoms with E-state index in [1.54, 1.807) is 6.26 Å². The summed E-state index contributed by atoms with van der Waals surface area (Å²) in [6.45, 7) is 0. The Morgan fingerprint density at radius 3 is 2.73 bits per heavy atom. The van der Waals surface area contributed by atoms with E-state index in [0.717, 1.165) is 28.1 Å². The summed E-state index contributed by atoms with van der Waals surface area (Å²) in [6.07, 6.45) is 4.43. The quantitative estimate of drug-likeness (QED) is 0.489. The molecule has 52 valence electrons. The molecular weight excluding hydrogens is 213 g/mol. The number of furan rings is 1. The van der Waals surface area contributed by atoms with Crippen LogP contribution >= 0.6 is 9.69 Å². The van der Waals surface area contributed by atoms with Gasteiger partial charge in [-0.1, -0.05) is 6.07 Å². The second-order valence-corrected chi connectivity index (χ2v) is 1.93. The normalized spacial score (nSPS) is 9.00. The van der Waals surface area contributed by atoms with E-state index >= 15 is 0 Å². The number of hydrogen-bond acceptors (Lipinski definition) is 1. The molecular formula is C8H5ClOZn. The number of fused-ring (bicyclic) bond motifs is 1. The first-order valence-electron chi connectivity index (χ1n) is 3.07. The fraction of sp³-hybridized carbons (Fsp3) is 0. The Labute approximate surface area is 79.1 Å². The van der Waals surface area contributed by atoms with Crippen molar-refractivity contribution in [3.8, 4) is 0 Å². The van der Waals surface area contributed by atoms with Gasteiger partial charge in [0.15, 0.2) is 0 Å². The fourth-order valence-electron chi connectivity index (χ4n) is 0.849. The summed E-state index contributed by atoms with van der Waals surface area (Å²) < 4.78 is 4.84. The van der Waals surface area contributed by atoms with Crippen molar-refractivity contribution in [3.63, 3.8) is 0 Å². The third kappa shape index (κ3) is 2.05. The van der Waals surface area contributed by atoms with Gasteiger partial charge in [-0.3, -0.25) is 0 Å². The summed E-state index contributed by atoms with van der Waals surface area (Å²) in [6, 6.07) is 7.91. The van der Waals surface area contributed by atoms with E-state index in [0.29, 0.717) is 0 Å². The Balaban J connectivity index is 0.000000281. The maximum absolute atomic E-state index is 4.84. The first-order valence-corrected chi connectivity index (χ1v) is 6.97. The number of benzene rings is 1. The Kier molecular flexibility index (Phi) is 3.61. The molecule has 0 amide bonds. The van der Waals surface area contributed by atoms with Crippen LogP contribution in [0.25, 0.3) is 10.8 Å². The maximum atomic E-state index is 4.84. The van der Waals surface area contributed by atoms with Crippen LogP contribution in [0.5, 0.6) is 0 Å². The van der Waals surface area contributed by atoms with Crippen LogP contribution in [-0.2, 0) is 17.3 Å². The smallest absolute Gasteiger partial charge is 0.0349 e. The molecule has 1 aromatic carbocycles. The summed E-state index contributed by atoms with van der Waals surface area (Å²) >= 11 is 0.847. The van der Waals surface area contributed by atoms with Crippen molar-refractivity contribution in [2.24, 2.45) is 0 Å². The van der Waals surface area contributed by atoms with Crippen LogP contribution in [0.2, 0.25) is 0 Å². The van der Waals surface area contributed by atoms with E-state index in [4.69, 9.17) is 14.1 Å². The van der Waals surface area contributed by atoms with Gasteiger partial charge < -0.3 is 4.42 Å². The molecule has 2 rings (SSSR count). The summed E-state index contributed by atoms with van der Waals surface area (Å²) in [5.74, 6) is 0. The van der Waals surface area contributed by atoms with Gasteiger partial charge in [0, 0.05) is 6.26 Å². The van der Waals surface area contributed by atoms with E-state index in [1.165, 1.54) is 0 Å². The van der Waals surface area contributed by atoms with Crippen LogP contribution < -0.4 is 0 Å². The first kappa shape index (κ1) is 8.77. The molecule has 2 aromatic rings. The van der Waals surface area contributed by atoms with E-state index in [1.807, 2.05) is 24.3 Å². The minimum absolute atomic E-state index is 0.847. The van der Waals surface area contributed by atoms with Gasteiger partial charge in [-0.25, -0.2) is 0 Å². The molecule has 0 fully saturated rings. The van der Waals surface area contributed by atoms with Gasteiger partial charge in [0.05, 0.1) is 0 Å². The molecule has 0 aliphatic carbocycles. The standard InChI is InChI=1S/C8H5O.ClH.Zn/c1-2-4-8-6-9-5-7(8)3-1;;/h1-5H;1H;/q-1;;+2/p-1. The molecule has 0 saturated heterocycles. The van der Waals surface area contributed by atoms with Crippen LogP contribution in [0.15, 0.2) is 34.9 Å². The van der Waals surface area contributed by atoms with E-state index in [9.17, 15) is 0 Å². The van der Waals surface area contributed by atoms with Crippen molar-refractivity contribution in [2.75, 3.05) is 0 Å². The summed E-state index contributed by atoms with van der Waals surface area (Å²) in [5, 5.41) is 2.15. The Morgan fingerprint density at radius 1 is 1.27 bits per heavy atom. The molecule has 3 heteroatoms. The summed E-state index contributed by atoms with van der Waals surface area (Å²) in [7, 11) is 4.76. The number of hydrogen-bond donors (Lipinski definition) is 0. The number of halogens is 1. The largest absolute Gasteiger partial charge is 0.565 e. The number of rotatable bonds is 0. The van der Waals surface area contributed by atoms with Crippen LogP contribution in [0.3, 0.4) is 0 Å². The molecule has 0 N–H and O–H groups in total. The molecule has 1 nitrogen and oxygen atoms in total. The molecule has 0 unspecified atom stereocenters.